The van der Waals surface area contributed by atoms with Gasteiger partial charge in [0.2, 0.25) is 5.91 Å². The SMILES string of the molecule is O=C(CC1CC1)N1CCCC1(C(=O)N1CCCC1)c1cnccn1. The fourth-order valence-corrected chi connectivity index (χ4v) is 4.13. The lowest BCUT2D eigenvalue weighted by Crippen LogP contribution is -2.56. The lowest BCUT2D eigenvalue weighted by molar-refractivity contribution is -0.152. The van der Waals surface area contributed by atoms with E-state index in [0.717, 1.165) is 45.2 Å². The largest absolute Gasteiger partial charge is 0.340 e. The zero-order valence-electron chi connectivity index (χ0n) is 14.0. The molecule has 2 amide bonds. The van der Waals surface area contributed by atoms with Gasteiger partial charge >= 0.3 is 0 Å². The molecule has 128 valence electrons. The molecule has 0 spiro atoms. The van der Waals surface area contributed by atoms with E-state index in [1.807, 2.05) is 9.80 Å². The van der Waals surface area contributed by atoms with E-state index >= 15 is 0 Å². The van der Waals surface area contributed by atoms with E-state index < -0.39 is 5.54 Å². The Labute approximate surface area is 142 Å². The van der Waals surface area contributed by atoms with Crippen LogP contribution in [0.1, 0.15) is 50.6 Å². The van der Waals surface area contributed by atoms with Crippen molar-refractivity contribution in [3.8, 4) is 0 Å². The fraction of sp³-hybridized carbons (Fsp3) is 0.667. The molecule has 3 heterocycles. The smallest absolute Gasteiger partial charge is 0.254 e. The van der Waals surface area contributed by atoms with Crippen LogP contribution in [0.4, 0.5) is 0 Å². The van der Waals surface area contributed by atoms with Crippen molar-refractivity contribution in [1.29, 1.82) is 0 Å². The van der Waals surface area contributed by atoms with Gasteiger partial charge in [0.1, 0.15) is 0 Å². The van der Waals surface area contributed by atoms with Gasteiger partial charge in [-0.3, -0.25) is 19.6 Å². The maximum Gasteiger partial charge on any atom is 0.254 e. The van der Waals surface area contributed by atoms with E-state index in [9.17, 15) is 9.59 Å². The summed E-state index contributed by atoms with van der Waals surface area (Å²) < 4.78 is 0. The van der Waals surface area contributed by atoms with Crippen molar-refractivity contribution in [2.75, 3.05) is 19.6 Å². The molecule has 1 aliphatic carbocycles. The maximum atomic E-state index is 13.5. The molecule has 0 aromatic carbocycles. The summed E-state index contributed by atoms with van der Waals surface area (Å²) in [6.45, 7) is 2.21. The van der Waals surface area contributed by atoms with Crippen LogP contribution < -0.4 is 0 Å². The van der Waals surface area contributed by atoms with Crippen LogP contribution >= 0.6 is 0 Å². The van der Waals surface area contributed by atoms with Gasteiger partial charge in [0.15, 0.2) is 5.54 Å². The molecule has 0 N–H and O–H groups in total. The van der Waals surface area contributed by atoms with E-state index in [-0.39, 0.29) is 11.8 Å². The Morgan fingerprint density at radius 1 is 1.12 bits per heavy atom. The zero-order chi connectivity index (χ0) is 16.6. The number of hydrogen-bond donors (Lipinski definition) is 0. The van der Waals surface area contributed by atoms with Crippen LogP contribution in [0.25, 0.3) is 0 Å². The number of carbonyl (C=O) groups excluding carboxylic acids is 2. The van der Waals surface area contributed by atoms with Gasteiger partial charge in [0.05, 0.1) is 11.9 Å². The predicted molar refractivity (Wildman–Crippen MR) is 87.8 cm³/mol. The van der Waals surface area contributed by atoms with Crippen LogP contribution in [0.2, 0.25) is 0 Å². The standard InChI is InChI=1S/C18H24N4O2/c23-16(12-14-4-5-14)22-11-3-6-18(22,15-13-19-7-8-20-15)17(24)21-9-1-2-10-21/h7-8,13-14H,1-6,9-12H2. The van der Waals surface area contributed by atoms with Gasteiger partial charge in [0.25, 0.3) is 5.91 Å². The summed E-state index contributed by atoms with van der Waals surface area (Å²) in [5.74, 6) is 0.662. The van der Waals surface area contributed by atoms with Crippen molar-refractivity contribution in [3.05, 3.63) is 24.3 Å². The first kappa shape index (κ1) is 15.5. The summed E-state index contributed by atoms with van der Waals surface area (Å²) >= 11 is 0. The lowest BCUT2D eigenvalue weighted by atomic mass is 9.89. The summed E-state index contributed by atoms with van der Waals surface area (Å²) in [5, 5.41) is 0. The molecule has 1 aromatic heterocycles. The van der Waals surface area contributed by atoms with Crippen LogP contribution in [0, 0.1) is 5.92 Å². The summed E-state index contributed by atoms with van der Waals surface area (Å²) in [6, 6.07) is 0. The molecular formula is C18H24N4O2. The van der Waals surface area contributed by atoms with Crippen molar-refractivity contribution in [2.24, 2.45) is 5.92 Å². The molecule has 1 aromatic rings. The third-order valence-corrected chi connectivity index (χ3v) is 5.58. The van der Waals surface area contributed by atoms with E-state index in [1.165, 1.54) is 0 Å². The molecule has 3 fully saturated rings. The van der Waals surface area contributed by atoms with Crippen LogP contribution in [0.3, 0.4) is 0 Å². The summed E-state index contributed by atoms with van der Waals surface area (Å²) in [6.07, 6.45) is 11.3. The van der Waals surface area contributed by atoms with Gasteiger partial charge in [-0.1, -0.05) is 0 Å². The monoisotopic (exact) mass is 328 g/mol. The molecule has 4 rings (SSSR count). The van der Waals surface area contributed by atoms with Gasteiger partial charge in [0, 0.05) is 38.4 Å². The minimum atomic E-state index is -0.940. The number of nitrogens with zero attached hydrogens (tertiary/aromatic N) is 4. The Balaban J connectivity index is 1.71. The van der Waals surface area contributed by atoms with E-state index in [1.54, 1.807) is 18.6 Å². The first-order chi connectivity index (χ1) is 11.7. The van der Waals surface area contributed by atoms with Gasteiger partial charge in [-0.2, -0.15) is 0 Å². The first-order valence-electron chi connectivity index (χ1n) is 9.08. The van der Waals surface area contributed by atoms with E-state index in [2.05, 4.69) is 9.97 Å². The molecule has 2 saturated heterocycles. The summed E-state index contributed by atoms with van der Waals surface area (Å²) in [7, 11) is 0. The Kier molecular flexibility index (Phi) is 3.98. The highest BCUT2D eigenvalue weighted by Gasteiger charge is 2.54. The molecule has 1 saturated carbocycles. The Bertz CT molecular complexity index is 625. The van der Waals surface area contributed by atoms with Gasteiger partial charge in [-0.25, -0.2) is 0 Å². The molecule has 2 aliphatic heterocycles. The second-order valence-electron chi connectivity index (χ2n) is 7.25. The number of rotatable bonds is 4. The average Bonchev–Trinajstić information content (AvgIpc) is 3.11. The van der Waals surface area contributed by atoms with Crippen molar-refractivity contribution in [1.82, 2.24) is 19.8 Å². The highest BCUT2D eigenvalue weighted by Crippen LogP contribution is 2.42. The second-order valence-corrected chi connectivity index (χ2v) is 7.25. The maximum absolute atomic E-state index is 13.5. The number of aromatic nitrogens is 2. The topological polar surface area (TPSA) is 66.4 Å². The summed E-state index contributed by atoms with van der Waals surface area (Å²) in [4.78, 5) is 38.7. The van der Waals surface area contributed by atoms with Gasteiger partial charge in [-0.15, -0.1) is 0 Å². The van der Waals surface area contributed by atoms with Crippen molar-refractivity contribution in [3.63, 3.8) is 0 Å². The number of likely N-dealkylation sites (tertiary alicyclic amines) is 2. The Morgan fingerprint density at radius 3 is 2.58 bits per heavy atom. The molecule has 6 nitrogen and oxygen atoms in total. The molecular weight excluding hydrogens is 304 g/mol. The van der Waals surface area contributed by atoms with E-state index in [0.29, 0.717) is 31.0 Å². The highest BCUT2D eigenvalue weighted by atomic mass is 16.2. The minimum absolute atomic E-state index is 0.0437. The average molecular weight is 328 g/mol. The minimum Gasteiger partial charge on any atom is -0.340 e. The van der Waals surface area contributed by atoms with Crippen LogP contribution in [-0.4, -0.2) is 51.2 Å². The highest BCUT2D eigenvalue weighted by molar-refractivity contribution is 5.93. The van der Waals surface area contributed by atoms with Crippen LogP contribution in [-0.2, 0) is 15.1 Å². The quantitative estimate of drug-likeness (QED) is 0.844. The Hall–Kier alpha value is -1.98. The third-order valence-electron chi connectivity index (χ3n) is 5.58. The van der Waals surface area contributed by atoms with Gasteiger partial charge in [-0.05, 0) is 44.4 Å². The summed E-state index contributed by atoms with van der Waals surface area (Å²) in [5.41, 5.74) is -0.312. The second kappa shape index (κ2) is 6.15. The zero-order valence-corrected chi connectivity index (χ0v) is 14.0. The molecule has 1 atom stereocenters. The molecule has 0 bridgehead atoms. The van der Waals surface area contributed by atoms with Crippen LogP contribution in [0.5, 0.6) is 0 Å². The molecule has 3 aliphatic rings. The number of carbonyl (C=O) groups is 2. The molecule has 1 unspecified atom stereocenters. The predicted octanol–water partition coefficient (Wildman–Crippen LogP) is 1.72. The van der Waals surface area contributed by atoms with Crippen molar-refractivity contribution < 1.29 is 9.59 Å². The first-order valence-corrected chi connectivity index (χ1v) is 9.08. The molecule has 24 heavy (non-hydrogen) atoms. The van der Waals surface area contributed by atoms with Crippen LogP contribution in [0.15, 0.2) is 18.6 Å². The number of amides is 2. The molecule has 0 radical (unpaired) electrons. The van der Waals surface area contributed by atoms with E-state index in [4.69, 9.17) is 0 Å². The molecule has 6 heteroatoms. The van der Waals surface area contributed by atoms with Gasteiger partial charge < -0.3 is 9.80 Å². The third kappa shape index (κ3) is 2.58. The van der Waals surface area contributed by atoms with Crippen molar-refractivity contribution in [2.45, 2.75) is 50.5 Å². The van der Waals surface area contributed by atoms with Crippen molar-refractivity contribution >= 4 is 11.8 Å². The lowest BCUT2D eigenvalue weighted by Gasteiger charge is -2.39. The normalized spacial score (nSPS) is 26.8. The fourth-order valence-electron chi connectivity index (χ4n) is 4.13. The Morgan fingerprint density at radius 2 is 1.92 bits per heavy atom. The number of hydrogen-bond acceptors (Lipinski definition) is 4.